The molecular formula is C21H34N2. The highest BCUT2D eigenvalue weighted by atomic mass is 15.4. The Morgan fingerprint density at radius 3 is 2.22 bits per heavy atom. The molecule has 0 radical (unpaired) electrons. The summed E-state index contributed by atoms with van der Waals surface area (Å²) in [6, 6.07) is 10.8. The average molecular weight is 315 g/mol. The molecule has 128 valence electrons. The minimum atomic E-state index is 0.557. The Morgan fingerprint density at radius 1 is 0.783 bits per heavy atom. The van der Waals surface area contributed by atoms with E-state index in [4.69, 9.17) is 0 Å². The summed E-state index contributed by atoms with van der Waals surface area (Å²) in [4.78, 5) is 5.06. The third-order valence-electron chi connectivity index (χ3n) is 4.72. The zero-order chi connectivity index (χ0) is 16.3. The quantitative estimate of drug-likeness (QED) is 0.479. The van der Waals surface area contributed by atoms with Crippen molar-refractivity contribution in [1.29, 1.82) is 0 Å². The third kappa shape index (κ3) is 5.93. The van der Waals surface area contributed by atoms with Gasteiger partial charge in [-0.1, -0.05) is 76.3 Å². The molecule has 0 aliphatic carbocycles. The van der Waals surface area contributed by atoms with Crippen LogP contribution in [0, 0.1) is 0 Å². The van der Waals surface area contributed by atoms with Crippen molar-refractivity contribution in [3.05, 3.63) is 48.3 Å². The van der Waals surface area contributed by atoms with E-state index in [1.165, 1.54) is 63.5 Å². The van der Waals surface area contributed by atoms with Crippen LogP contribution in [0.5, 0.6) is 0 Å². The van der Waals surface area contributed by atoms with Gasteiger partial charge in [-0.2, -0.15) is 0 Å². The molecular weight excluding hydrogens is 280 g/mol. The number of hydrogen-bond donors (Lipinski definition) is 0. The molecule has 2 nitrogen and oxygen atoms in total. The van der Waals surface area contributed by atoms with Crippen LogP contribution in [0.15, 0.2) is 42.7 Å². The first kappa shape index (κ1) is 17.9. The lowest BCUT2D eigenvalue weighted by molar-refractivity contribution is 0.134. The molecule has 0 saturated carbocycles. The molecule has 0 aromatic heterocycles. The fourth-order valence-corrected chi connectivity index (χ4v) is 3.43. The van der Waals surface area contributed by atoms with Gasteiger partial charge >= 0.3 is 0 Å². The van der Waals surface area contributed by atoms with E-state index in [2.05, 4.69) is 66.4 Å². The van der Waals surface area contributed by atoms with Gasteiger partial charge in [0.2, 0.25) is 0 Å². The van der Waals surface area contributed by atoms with Crippen LogP contribution in [0.25, 0.3) is 0 Å². The largest absolute Gasteiger partial charge is 0.356 e. The molecule has 0 amide bonds. The summed E-state index contributed by atoms with van der Waals surface area (Å²) in [6.45, 7) is 6.75. The van der Waals surface area contributed by atoms with E-state index in [9.17, 15) is 0 Å². The fraction of sp³-hybridized carbons (Fsp3) is 0.619. The first-order chi connectivity index (χ1) is 11.3. The van der Waals surface area contributed by atoms with E-state index < -0.39 is 0 Å². The molecule has 0 bridgehead atoms. The van der Waals surface area contributed by atoms with Gasteiger partial charge in [-0.05, 0) is 24.8 Å². The van der Waals surface area contributed by atoms with Gasteiger partial charge in [-0.15, -0.1) is 0 Å². The number of hydrogen-bond acceptors (Lipinski definition) is 2. The highest BCUT2D eigenvalue weighted by Crippen LogP contribution is 2.24. The standard InChI is InChI=1S/C21H34N2/c1-3-5-6-7-8-12-15-21-22(16-4-2)17-18-23(21)19-20-13-10-9-11-14-20/h9-11,13-14,17-18,21H,3-8,12,15-16,19H2,1-2H3. The minimum absolute atomic E-state index is 0.557. The summed E-state index contributed by atoms with van der Waals surface area (Å²) >= 11 is 0. The third-order valence-corrected chi connectivity index (χ3v) is 4.72. The number of rotatable bonds is 11. The molecule has 0 fully saturated rings. The lowest BCUT2D eigenvalue weighted by Gasteiger charge is -2.33. The second kappa shape index (κ2) is 10.4. The predicted octanol–water partition coefficient (Wildman–Crippen LogP) is 5.76. The van der Waals surface area contributed by atoms with Crippen molar-refractivity contribution >= 4 is 0 Å². The van der Waals surface area contributed by atoms with Crippen LogP contribution in [-0.2, 0) is 6.54 Å². The van der Waals surface area contributed by atoms with E-state index in [1.807, 2.05) is 0 Å². The molecule has 1 heterocycles. The van der Waals surface area contributed by atoms with Gasteiger partial charge in [0.15, 0.2) is 0 Å². The zero-order valence-corrected chi connectivity index (χ0v) is 15.1. The number of nitrogens with zero attached hydrogens (tertiary/aromatic N) is 2. The van der Waals surface area contributed by atoms with Crippen molar-refractivity contribution in [1.82, 2.24) is 9.80 Å². The van der Waals surface area contributed by atoms with E-state index in [-0.39, 0.29) is 0 Å². The smallest absolute Gasteiger partial charge is 0.101 e. The monoisotopic (exact) mass is 314 g/mol. The Balaban J connectivity index is 1.83. The number of unbranched alkanes of at least 4 members (excludes halogenated alkanes) is 5. The highest BCUT2D eigenvalue weighted by Gasteiger charge is 2.24. The van der Waals surface area contributed by atoms with Gasteiger partial charge in [0.1, 0.15) is 6.17 Å². The van der Waals surface area contributed by atoms with E-state index in [0.29, 0.717) is 6.17 Å². The molecule has 2 heteroatoms. The first-order valence-electron chi connectivity index (χ1n) is 9.59. The molecule has 2 rings (SSSR count). The molecule has 1 atom stereocenters. The lowest BCUT2D eigenvalue weighted by atomic mass is 10.1. The van der Waals surface area contributed by atoms with Gasteiger partial charge in [-0.3, -0.25) is 0 Å². The van der Waals surface area contributed by atoms with Crippen LogP contribution in [0.4, 0.5) is 0 Å². The van der Waals surface area contributed by atoms with Crippen molar-refractivity contribution in [2.75, 3.05) is 6.54 Å². The number of benzene rings is 1. The summed E-state index contributed by atoms with van der Waals surface area (Å²) in [6.07, 6.45) is 15.9. The fourth-order valence-electron chi connectivity index (χ4n) is 3.43. The molecule has 23 heavy (non-hydrogen) atoms. The molecule has 0 spiro atoms. The van der Waals surface area contributed by atoms with Gasteiger partial charge in [0.05, 0.1) is 0 Å². The van der Waals surface area contributed by atoms with Crippen LogP contribution in [0.1, 0.15) is 70.8 Å². The van der Waals surface area contributed by atoms with Crippen LogP contribution >= 0.6 is 0 Å². The van der Waals surface area contributed by atoms with E-state index >= 15 is 0 Å². The van der Waals surface area contributed by atoms with E-state index in [0.717, 1.165) is 6.54 Å². The molecule has 1 aliphatic heterocycles. The topological polar surface area (TPSA) is 6.48 Å². The summed E-state index contributed by atoms with van der Waals surface area (Å²) in [7, 11) is 0. The first-order valence-corrected chi connectivity index (χ1v) is 9.59. The summed E-state index contributed by atoms with van der Waals surface area (Å²) in [5.41, 5.74) is 1.41. The highest BCUT2D eigenvalue weighted by molar-refractivity contribution is 5.15. The molecule has 1 unspecified atom stereocenters. The van der Waals surface area contributed by atoms with Crippen LogP contribution < -0.4 is 0 Å². The van der Waals surface area contributed by atoms with Gasteiger partial charge in [-0.25, -0.2) is 0 Å². The second-order valence-electron chi connectivity index (χ2n) is 6.73. The maximum atomic E-state index is 2.54. The van der Waals surface area contributed by atoms with Crippen molar-refractivity contribution in [2.24, 2.45) is 0 Å². The Morgan fingerprint density at radius 2 is 1.48 bits per heavy atom. The molecule has 1 aromatic carbocycles. The molecule has 1 aromatic rings. The Bertz CT molecular complexity index is 440. The maximum absolute atomic E-state index is 2.54. The minimum Gasteiger partial charge on any atom is -0.356 e. The van der Waals surface area contributed by atoms with Gasteiger partial charge < -0.3 is 9.80 Å². The average Bonchev–Trinajstić information content (AvgIpc) is 2.94. The summed E-state index contributed by atoms with van der Waals surface area (Å²) in [5.74, 6) is 0. The summed E-state index contributed by atoms with van der Waals surface area (Å²) in [5, 5.41) is 0. The second-order valence-corrected chi connectivity index (χ2v) is 6.73. The zero-order valence-electron chi connectivity index (χ0n) is 15.1. The Labute approximate surface area is 143 Å². The van der Waals surface area contributed by atoms with Crippen LogP contribution in [-0.4, -0.2) is 22.5 Å². The van der Waals surface area contributed by atoms with Crippen LogP contribution in [0.2, 0.25) is 0 Å². The lowest BCUT2D eigenvalue weighted by Crippen LogP contribution is -2.38. The maximum Gasteiger partial charge on any atom is 0.101 e. The SMILES string of the molecule is CCCCCCCCC1N(CCC)C=CN1Cc1ccccc1. The molecule has 1 aliphatic rings. The predicted molar refractivity (Wildman–Crippen MR) is 99.9 cm³/mol. The molecule has 0 N–H and O–H groups in total. The van der Waals surface area contributed by atoms with Crippen molar-refractivity contribution in [2.45, 2.75) is 77.9 Å². The summed E-state index contributed by atoms with van der Waals surface area (Å²) < 4.78 is 0. The normalized spacial score (nSPS) is 17.2. The Hall–Kier alpha value is -1.44. The van der Waals surface area contributed by atoms with E-state index in [1.54, 1.807) is 0 Å². The van der Waals surface area contributed by atoms with Crippen molar-refractivity contribution in [3.63, 3.8) is 0 Å². The van der Waals surface area contributed by atoms with Crippen molar-refractivity contribution in [3.8, 4) is 0 Å². The van der Waals surface area contributed by atoms with Gasteiger partial charge in [0.25, 0.3) is 0 Å². The Kier molecular flexibility index (Phi) is 8.06. The van der Waals surface area contributed by atoms with Gasteiger partial charge in [0, 0.05) is 25.5 Å². The van der Waals surface area contributed by atoms with Crippen LogP contribution in [0.3, 0.4) is 0 Å². The molecule has 0 saturated heterocycles. The van der Waals surface area contributed by atoms with Crippen molar-refractivity contribution < 1.29 is 0 Å².